The van der Waals surface area contributed by atoms with Crippen molar-refractivity contribution in [3.63, 3.8) is 0 Å². The predicted molar refractivity (Wildman–Crippen MR) is 43.6 cm³/mol. The molecule has 2 aromatic rings. The third-order valence-corrected chi connectivity index (χ3v) is 2.22. The molecule has 0 saturated carbocycles. The van der Waals surface area contributed by atoms with Gasteiger partial charge in [-0.3, -0.25) is 4.57 Å². The molecule has 0 aliphatic carbocycles. The van der Waals surface area contributed by atoms with Crippen LogP contribution in [0.25, 0.3) is 5.13 Å². The third-order valence-electron chi connectivity index (χ3n) is 1.43. The van der Waals surface area contributed by atoms with Gasteiger partial charge in [-0.15, -0.1) is 11.3 Å². The van der Waals surface area contributed by atoms with Crippen LogP contribution in [0.2, 0.25) is 0 Å². The minimum atomic E-state index is -1.28. The van der Waals surface area contributed by atoms with E-state index in [1.807, 2.05) is 0 Å². The van der Waals surface area contributed by atoms with Crippen molar-refractivity contribution in [1.29, 1.82) is 0 Å². The first-order valence-corrected chi connectivity index (χ1v) is 4.30. The standard InChI is InChI=1S/C7H5N3O2S/c11-6(12)5-3-10(4-9-5)7-8-1-2-13-7/h1-4H,(H,11,12)/p-1. The number of carbonyl (C=O) groups is 1. The van der Waals surface area contributed by atoms with Crippen LogP contribution < -0.4 is 5.11 Å². The van der Waals surface area contributed by atoms with Crippen molar-refractivity contribution in [3.05, 3.63) is 29.8 Å². The average Bonchev–Trinajstić information content (AvgIpc) is 2.75. The van der Waals surface area contributed by atoms with Gasteiger partial charge in [-0.05, 0) is 0 Å². The molecule has 2 heterocycles. The summed E-state index contributed by atoms with van der Waals surface area (Å²) < 4.78 is 1.54. The molecule has 13 heavy (non-hydrogen) atoms. The molecule has 0 N–H and O–H groups in total. The number of thiazole rings is 1. The fourth-order valence-electron chi connectivity index (χ4n) is 0.876. The first-order chi connectivity index (χ1) is 6.27. The summed E-state index contributed by atoms with van der Waals surface area (Å²) in [4.78, 5) is 18.0. The SMILES string of the molecule is O=C([O-])c1cn(-c2nccs2)cn1. The van der Waals surface area contributed by atoms with E-state index in [4.69, 9.17) is 0 Å². The zero-order chi connectivity index (χ0) is 9.26. The van der Waals surface area contributed by atoms with Gasteiger partial charge >= 0.3 is 0 Å². The van der Waals surface area contributed by atoms with Crippen LogP contribution in [0.3, 0.4) is 0 Å². The lowest BCUT2D eigenvalue weighted by atomic mass is 10.5. The smallest absolute Gasteiger partial charge is 0.194 e. The van der Waals surface area contributed by atoms with E-state index >= 15 is 0 Å². The molecule has 0 unspecified atom stereocenters. The second kappa shape index (κ2) is 2.98. The Bertz CT molecular complexity index is 421. The van der Waals surface area contributed by atoms with E-state index in [1.54, 1.807) is 11.6 Å². The van der Waals surface area contributed by atoms with Crippen molar-refractivity contribution in [1.82, 2.24) is 14.5 Å². The Hall–Kier alpha value is -1.69. The van der Waals surface area contributed by atoms with Gasteiger partial charge in [-0.2, -0.15) is 0 Å². The van der Waals surface area contributed by atoms with E-state index in [2.05, 4.69) is 9.97 Å². The molecule has 0 radical (unpaired) electrons. The summed E-state index contributed by atoms with van der Waals surface area (Å²) in [6.07, 6.45) is 4.40. The molecule has 0 atom stereocenters. The normalized spacial score (nSPS) is 10.2. The maximum Gasteiger partial charge on any atom is 0.194 e. The van der Waals surface area contributed by atoms with Gasteiger partial charge in [0, 0.05) is 17.8 Å². The Morgan fingerprint density at radius 3 is 2.92 bits per heavy atom. The van der Waals surface area contributed by atoms with Crippen LogP contribution in [0.1, 0.15) is 10.5 Å². The topological polar surface area (TPSA) is 70.8 Å². The van der Waals surface area contributed by atoms with Gasteiger partial charge in [0.15, 0.2) is 5.13 Å². The van der Waals surface area contributed by atoms with Gasteiger partial charge in [0.25, 0.3) is 0 Å². The van der Waals surface area contributed by atoms with E-state index in [1.165, 1.54) is 28.4 Å². The van der Waals surface area contributed by atoms with E-state index in [-0.39, 0.29) is 5.69 Å². The second-order valence-corrected chi connectivity index (χ2v) is 3.14. The molecule has 0 fully saturated rings. The van der Waals surface area contributed by atoms with Crippen molar-refractivity contribution in [2.75, 3.05) is 0 Å². The van der Waals surface area contributed by atoms with Crippen molar-refractivity contribution < 1.29 is 9.90 Å². The number of carbonyl (C=O) groups excluding carboxylic acids is 1. The lowest BCUT2D eigenvalue weighted by Gasteiger charge is -1.94. The Kier molecular flexibility index (Phi) is 1.82. The van der Waals surface area contributed by atoms with Crippen LogP contribution in [0.15, 0.2) is 24.1 Å². The molecule has 0 aromatic carbocycles. The van der Waals surface area contributed by atoms with Gasteiger partial charge in [-0.1, -0.05) is 0 Å². The van der Waals surface area contributed by atoms with Crippen LogP contribution >= 0.6 is 11.3 Å². The number of aromatic carboxylic acids is 1. The van der Waals surface area contributed by atoms with Gasteiger partial charge in [0.05, 0.1) is 5.97 Å². The summed E-state index contributed by atoms with van der Waals surface area (Å²) in [6.45, 7) is 0. The molecule has 0 bridgehead atoms. The largest absolute Gasteiger partial charge is 0.543 e. The summed E-state index contributed by atoms with van der Waals surface area (Å²) in [5.41, 5.74) is -0.0878. The highest BCUT2D eigenvalue weighted by atomic mass is 32.1. The second-order valence-electron chi connectivity index (χ2n) is 2.27. The summed E-state index contributed by atoms with van der Waals surface area (Å²) >= 11 is 1.40. The summed E-state index contributed by atoms with van der Waals surface area (Å²) in [7, 11) is 0. The minimum absolute atomic E-state index is 0.0878. The summed E-state index contributed by atoms with van der Waals surface area (Å²) in [6, 6.07) is 0. The molecular formula is C7H4N3O2S-. The zero-order valence-corrected chi connectivity index (χ0v) is 7.19. The predicted octanol–water partition coefficient (Wildman–Crippen LogP) is -0.308. The lowest BCUT2D eigenvalue weighted by Crippen LogP contribution is -2.22. The van der Waals surface area contributed by atoms with E-state index < -0.39 is 5.97 Å². The molecule has 0 saturated heterocycles. The number of hydrogen-bond donors (Lipinski definition) is 0. The van der Waals surface area contributed by atoms with Gasteiger partial charge < -0.3 is 9.90 Å². The van der Waals surface area contributed by atoms with Crippen molar-refractivity contribution in [2.24, 2.45) is 0 Å². The molecule has 6 heteroatoms. The number of imidazole rings is 1. The van der Waals surface area contributed by atoms with Crippen molar-refractivity contribution >= 4 is 17.3 Å². The summed E-state index contributed by atoms with van der Waals surface area (Å²) in [5.74, 6) is -1.28. The number of nitrogens with zero attached hydrogens (tertiary/aromatic N) is 3. The highest BCUT2D eigenvalue weighted by molar-refractivity contribution is 7.12. The molecule has 2 aromatic heterocycles. The van der Waals surface area contributed by atoms with E-state index in [9.17, 15) is 9.90 Å². The molecule has 5 nitrogen and oxygen atoms in total. The van der Waals surface area contributed by atoms with Crippen LogP contribution in [-0.4, -0.2) is 20.5 Å². The maximum absolute atomic E-state index is 10.4. The fourth-order valence-corrected chi connectivity index (χ4v) is 1.46. The maximum atomic E-state index is 10.4. The Labute approximate surface area is 77.3 Å². The first kappa shape index (κ1) is 7.93. The molecule has 66 valence electrons. The highest BCUT2D eigenvalue weighted by Crippen LogP contribution is 2.10. The quantitative estimate of drug-likeness (QED) is 0.657. The molecule has 0 amide bonds. The number of hydrogen-bond acceptors (Lipinski definition) is 5. The number of rotatable bonds is 2. The van der Waals surface area contributed by atoms with Crippen molar-refractivity contribution in [3.8, 4) is 5.13 Å². The minimum Gasteiger partial charge on any atom is -0.543 e. The monoisotopic (exact) mass is 194 g/mol. The Balaban J connectivity index is 2.39. The first-order valence-electron chi connectivity index (χ1n) is 3.42. The Morgan fingerprint density at radius 1 is 1.54 bits per heavy atom. The summed E-state index contributed by atoms with van der Waals surface area (Å²) in [5, 5.41) is 12.9. The molecule has 0 aliphatic heterocycles. The lowest BCUT2D eigenvalue weighted by molar-refractivity contribution is -0.255. The molecule has 0 aliphatic rings. The van der Waals surface area contributed by atoms with Gasteiger partial charge in [-0.25, -0.2) is 9.97 Å². The number of carboxylic acid groups (broad SMARTS) is 1. The Morgan fingerprint density at radius 2 is 2.38 bits per heavy atom. The van der Waals surface area contributed by atoms with E-state index in [0.717, 1.165) is 0 Å². The van der Waals surface area contributed by atoms with E-state index in [0.29, 0.717) is 5.13 Å². The zero-order valence-electron chi connectivity index (χ0n) is 6.38. The van der Waals surface area contributed by atoms with Gasteiger partial charge in [0.2, 0.25) is 0 Å². The number of aromatic nitrogens is 3. The van der Waals surface area contributed by atoms with Crippen LogP contribution in [-0.2, 0) is 0 Å². The average molecular weight is 194 g/mol. The third kappa shape index (κ3) is 1.43. The van der Waals surface area contributed by atoms with Gasteiger partial charge in [0.1, 0.15) is 12.0 Å². The van der Waals surface area contributed by atoms with Crippen molar-refractivity contribution in [2.45, 2.75) is 0 Å². The van der Waals surface area contributed by atoms with Crippen LogP contribution in [0.4, 0.5) is 0 Å². The molecule has 0 spiro atoms. The van der Waals surface area contributed by atoms with Crippen LogP contribution in [0, 0.1) is 0 Å². The molecular weight excluding hydrogens is 190 g/mol. The highest BCUT2D eigenvalue weighted by Gasteiger charge is 2.02. The van der Waals surface area contributed by atoms with Crippen LogP contribution in [0.5, 0.6) is 0 Å². The fraction of sp³-hybridized carbons (Fsp3) is 0. The molecule has 2 rings (SSSR count). The number of carboxylic acids is 1.